The number of hydrogen-bond acceptors (Lipinski definition) is 3. The van der Waals surface area contributed by atoms with Gasteiger partial charge in [0.25, 0.3) is 0 Å². The molecule has 84 valence electrons. The lowest BCUT2D eigenvalue weighted by Crippen LogP contribution is -1.93. The molecule has 3 aromatic rings. The van der Waals surface area contributed by atoms with Crippen LogP contribution in [0.1, 0.15) is 0 Å². The number of aromatic nitrogens is 3. The first-order chi connectivity index (χ1) is 8.33. The second-order valence-electron chi connectivity index (χ2n) is 3.90. The molecule has 0 amide bonds. The van der Waals surface area contributed by atoms with E-state index in [0.29, 0.717) is 0 Å². The van der Waals surface area contributed by atoms with Gasteiger partial charge in [-0.15, -0.1) is 0 Å². The van der Waals surface area contributed by atoms with Crippen LogP contribution in [0.4, 0.5) is 11.4 Å². The van der Waals surface area contributed by atoms with Gasteiger partial charge in [0.05, 0.1) is 18.1 Å². The highest BCUT2D eigenvalue weighted by atomic mass is 15.3. The second kappa shape index (κ2) is 3.90. The predicted octanol–water partition coefficient (Wildman–Crippen LogP) is 2.71. The Morgan fingerprint density at radius 3 is 2.71 bits per heavy atom. The molecule has 0 aliphatic carbocycles. The first-order valence-electron chi connectivity index (χ1n) is 5.43. The SMILES string of the molecule is Cn1ncc2cc(Nc3ccccc3)cnc21. The number of nitrogens with zero attached hydrogens (tertiary/aromatic N) is 3. The molecule has 0 atom stereocenters. The van der Waals surface area contributed by atoms with Crippen LogP contribution in [0.2, 0.25) is 0 Å². The minimum absolute atomic E-state index is 0.892. The van der Waals surface area contributed by atoms with Gasteiger partial charge in [-0.2, -0.15) is 5.10 Å². The van der Waals surface area contributed by atoms with Crippen molar-refractivity contribution in [3.63, 3.8) is 0 Å². The minimum atomic E-state index is 0.892. The van der Waals surface area contributed by atoms with E-state index in [2.05, 4.69) is 15.4 Å². The van der Waals surface area contributed by atoms with Crippen molar-refractivity contribution in [2.45, 2.75) is 0 Å². The van der Waals surface area contributed by atoms with Crippen molar-refractivity contribution in [2.24, 2.45) is 7.05 Å². The van der Waals surface area contributed by atoms with E-state index in [-0.39, 0.29) is 0 Å². The predicted molar refractivity (Wildman–Crippen MR) is 68.2 cm³/mol. The molecule has 0 aliphatic heterocycles. The molecule has 0 saturated carbocycles. The summed E-state index contributed by atoms with van der Waals surface area (Å²) < 4.78 is 1.77. The Bertz CT molecular complexity index is 643. The van der Waals surface area contributed by atoms with Crippen LogP contribution in [0.3, 0.4) is 0 Å². The van der Waals surface area contributed by atoms with Gasteiger partial charge in [0.1, 0.15) is 0 Å². The fourth-order valence-electron chi connectivity index (χ4n) is 1.80. The Kier molecular flexibility index (Phi) is 2.26. The van der Waals surface area contributed by atoms with Crippen molar-refractivity contribution in [2.75, 3.05) is 5.32 Å². The zero-order valence-corrected chi connectivity index (χ0v) is 9.46. The number of aryl methyl sites for hydroxylation is 1. The lowest BCUT2D eigenvalue weighted by molar-refractivity contribution is 0.786. The topological polar surface area (TPSA) is 42.7 Å². The van der Waals surface area contributed by atoms with Crippen molar-refractivity contribution in [1.29, 1.82) is 0 Å². The number of para-hydroxylation sites is 1. The lowest BCUT2D eigenvalue weighted by atomic mass is 10.3. The molecule has 0 bridgehead atoms. The molecule has 17 heavy (non-hydrogen) atoms. The van der Waals surface area contributed by atoms with Crippen LogP contribution in [-0.4, -0.2) is 14.8 Å². The maximum atomic E-state index is 4.37. The number of rotatable bonds is 2. The molecule has 0 fully saturated rings. The van der Waals surface area contributed by atoms with Crippen LogP contribution >= 0.6 is 0 Å². The lowest BCUT2D eigenvalue weighted by Gasteiger charge is -2.05. The third-order valence-corrected chi connectivity index (χ3v) is 2.63. The summed E-state index contributed by atoms with van der Waals surface area (Å²) in [4.78, 5) is 4.37. The minimum Gasteiger partial charge on any atom is -0.354 e. The standard InChI is InChI=1S/C13H12N4/c1-17-13-10(8-15-17)7-12(9-14-13)16-11-5-3-2-4-6-11/h2-9,16H,1H3. The highest BCUT2D eigenvalue weighted by Gasteiger charge is 2.02. The van der Waals surface area contributed by atoms with Gasteiger partial charge in [-0.3, -0.25) is 4.68 Å². The van der Waals surface area contributed by atoms with E-state index in [0.717, 1.165) is 22.4 Å². The first-order valence-corrected chi connectivity index (χ1v) is 5.43. The number of anilines is 2. The summed E-state index contributed by atoms with van der Waals surface area (Å²) in [7, 11) is 1.89. The molecule has 0 spiro atoms. The van der Waals surface area contributed by atoms with Gasteiger partial charge in [-0.1, -0.05) is 18.2 Å². The summed E-state index contributed by atoms with van der Waals surface area (Å²) in [6.45, 7) is 0. The number of hydrogen-bond donors (Lipinski definition) is 1. The molecule has 0 radical (unpaired) electrons. The average Bonchev–Trinajstić information content (AvgIpc) is 2.72. The van der Waals surface area contributed by atoms with E-state index in [1.807, 2.05) is 55.8 Å². The number of benzene rings is 1. The number of pyridine rings is 1. The monoisotopic (exact) mass is 224 g/mol. The van der Waals surface area contributed by atoms with Crippen LogP contribution in [0.15, 0.2) is 48.8 Å². The van der Waals surface area contributed by atoms with E-state index >= 15 is 0 Å². The quantitative estimate of drug-likeness (QED) is 0.727. The van der Waals surface area contributed by atoms with E-state index in [1.54, 1.807) is 4.68 Å². The molecule has 3 rings (SSSR count). The highest BCUT2D eigenvalue weighted by molar-refractivity contribution is 5.79. The summed E-state index contributed by atoms with van der Waals surface area (Å²) in [6, 6.07) is 12.1. The number of nitrogens with one attached hydrogen (secondary N) is 1. The molecule has 0 unspecified atom stereocenters. The third-order valence-electron chi connectivity index (χ3n) is 2.63. The van der Waals surface area contributed by atoms with Crippen molar-refractivity contribution < 1.29 is 0 Å². The van der Waals surface area contributed by atoms with Gasteiger partial charge in [0.15, 0.2) is 5.65 Å². The van der Waals surface area contributed by atoms with Crippen LogP contribution in [0.25, 0.3) is 11.0 Å². The highest BCUT2D eigenvalue weighted by Crippen LogP contribution is 2.19. The molecule has 4 heteroatoms. The first kappa shape index (κ1) is 9.84. The van der Waals surface area contributed by atoms with Gasteiger partial charge < -0.3 is 5.32 Å². The fourth-order valence-corrected chi connectivity index (χ4v) is 1.80. The summed E-state index contributed by atoms with van der Waals surface area (Å²) >= 11 is 0. The van der Waals surface area contributed by atoms with E-state index in [9.17, 15) is 0 Å². The van der Waals surface area contributed by atoms with Crippen molar-refractivity contribution in [3.05, 3.63) is 48.8 Å². The largest absolute Gasteiger partial charge is 0.354 e. The van der Waals surface area contributed by atoms with Crippen LogP contribution in [0.5, 0.6) is 0 Å². The van der Waals surface area contributed by atoms with Gasteiger partial charge >= 0.3 is 0 Å². The molecule has 2 heterocycles. The van der Waals surface area contributed by atoms with E-state index in [1.165, 1.54) is 0 Å². The van der Waals surface area contributed by atoms with E-state index in [4.69, 9.17) is 0 Å². The summed E-state index contributed by atoms with van der Waals surface area (Å²) in [5.41, 5.74) is 2.91. The molecule has 4 nitrogen and oxygen atoms in total. The molecular weight excluding hydrogens is 212 g/mol. The Hall–Kier alpha value is -2.36. The Morgan fingerprint density at radius 2 is 1.88 bits per heavy atom. The average molecular weight is 224 g/mol. The molecule has 2 aromatic heterocycles. The van der Waals surface area contributed by atoms with Gasteiger partial charge in [-0.05, 0) is 18.2 Å². The van der Waals surface area contributed by atoms with Gasteiger partial charge in [0, 0.05) is 18.1 Å². The maximum Gasteiger partial charge on any atom is 0.157 e. The third kappa shape index (κ3) is 1.85. The van der Waals surface area contributed by atoms with Crippen LogP contribution < -0.4 is 5.32 Å². The molecule has 0 saturated heterocycles. The second-order valence-corrected chi connectivity index (χ2v) is 3.90. The van der Waals surface area contributed by atoms with Crippen molar-refractivity contribution in [3.8, 4) is 0 Å². The molecular formula is C13H12N4. The Balaban J connectivity index is 1.96. The summed E-state index contributed by atoms with van der Waals surface area (Å²) in [5, 5.41) is 8.51. The van der Waals surface area contributed by atoms with Crippen molar-refractivity contribution >= 4 is 22.4 Å². The van der Waals surface area contributed by atoms with Crippen LogP contribution in [0, 0.1) is 0 Å². The van der Waals surface area contributed by atoms with Crippen molar-refractivity contribution in [1.82, 2.24) is 14.8 Å². The van der Waals surface area contributed by atoms with Gasteiger partial charge in [0.2, 0.25) is 0 Å². The van der Waals surface area contributed by atoms with Gasteiger partial charge in [-0.25, -0.2) is 4.98 Å². The molecule has 1 N–H and O–H groups in total. The molecule has 0 aliphatic rings. The zero-order valence-electron chi connectivity index (χ0n) is 9.46. The Labute approximate surface area is 98.9 Å². The van der Waals surface area contributed by atoms with E-state index < -0.39 is 0 Å². The summed E-state index contributed by atoms with van der Waals surface area (Å²) in [6.07, 6.45) is 3.63. The van der Waals surface area contributed by atoms with Crippen LogP contribution in [-0.2, 0) is 7.05 Å². The molecule has 1 aromatic carbocycles. The maximum absolute atomic E-state index is 4.37. The zero-order chi connectivity index (χ0) is 11.7. The smallest absolute Gasteiger partial charge is 0.157 e. The Morgan fingerprint density at radius 1 is 1.06 bits per heavy atom. The summed E-state index contributed by atoms with van der Waals surface area (Å²) in [5.74, 6) is 0. The normalized spacial score (nSPS) is 10.6. The fraction of sp³-hybridized carbons (Fsp3) is 0.0769. The number of fused-ring (bicyclic) bond motifs is 1.